The van der Waals surface area contributed by atoms with Crippen LogP contribution in [0.4, 0.5) is 13.2 Å². The van der Waals surface area contributed by atoms with Gasteiger partial charge in [-0.3, -0.25) is 4.79 Å². The number of hydrogen-bond acceptors (Lipinski definition) is 3. The van der Waals surface area contributed by atoms with Gasteiger partial charge in [-0.05, 0) is 23.9 Å². The molecule has 0 fully saturated rings. The number of aromatic amines is 1. The number of rotatable bonds is 1. The molecular weight excluding hydrogens is 289 g/mol. The quantitative estimate of drug-likeness (QED) is 0.700. The second-order valence-electron chi connectivity index (χ2n) is 4.26. The molecule has 0 unspecified atom stereocenters. The van der Waals surface area contributed by atoms with Gasteiger partial charge >= 0.3 is 0 Å². The minimum absolute atomic E-state index is 0.125. The van der Waals surface area contributed by atoms with E-state index in [9.17, 15) is 18.0 Å². The van der Waals surface area contributed by atoms with Crippen LogP contribution in [0.1, 0.15) is 5.56 Å². The van der Waals surface area contributed by atoms with Crippen LogP contribution in [0.15, 0.2) is 22.3 Å². The number of H-pyrrole nitrogens is 1. The van der Waals surface area contributed by atoms with E-state index in [1.807, 2.05) is 0 Å². The molecular formula is C13H7F3N2OS. The highest BCUT2D eigenvalue weighted by Crippen LogP contribution is 2.25. The molecule has 0 atom stereocenters. The number of fused-ring (bicyclic) bond motifs is 1. The van der Waals surface area contributed by atoms with Crippen LogP contribution in [0.2, 0.25) is 0 Å². The Bertz CT molecular complexity index is 885. The molecule has 0 aliphatic heterocycles. The van der Waals surface area contributed by atoms with Crippen LogP contribution < -0.4 is 5.56 Å². The van der Waals surface area contributed by atoms with Crippen molar-refractivity contribution in [3.63, 3.8) is 0 Å². The fraction of sp³-hybridized carbons (Fsp3) is 0.0769. The molecule has 0 saturated carbocycles. The molecule has 1 aromatic carbocycles. The van der Waals surface area contributed by atoms with E-state index in [4.69, 9.17) is 0 Å². The maximum absolute atomic E-state index is 13.7. The highest BCUT2D eigenvalue weighted by molar-refractivity contribution is 7.17. The second kappa shape index (κ2) is 4.45. The summed E-state index contributed by atoms with van der Waals surface area (Å²) in [5.74, 6) is -3.60. The Balaban J connectivity index is 2.32. The summed E-state index contributed by atoms with van der Waals surface area (Å²) in [7, 11) is 0. The summed E-state index contributed by atoms with van der Waals surface area (Å²) in [4.78, 5) is 18.4. The number of benzene rings is 1. The third kappa shape index (κ3) is 1.90. The molecule has 0 bridgehead atoms. The smallest absolute Gasteiger partial charge is 0.269 e. The average molecular weight is 296 g/mol. The Labute approximate surface area is 114 Å². The van der Waals surface area contributed by atoms with Crippen LogP contribution >= 0.6 is 11.3 Å². The van der Waals surface area contributed by atoms with Crippen LogP contribution in [0.25, 0.3) is 21.6 Å². The Morgan fingerprint density at radius 1 is 1.15 bits per heavy atom. The van der Waals surface area contributed by atoms with Crippen LogP contribution in [-0.4, -0.2) is 9.97 Å². The first-order valence-electron chi connectivity index (χ1n) is 5.60. The van der Waals surface area contributed by atoms with Crippen LogP contribution in [0.3, 0.4) is 0 Å². The molecule has 3 nitrogen and oxygen atoms in total. The number of hydrogen-bond donors (Lipinski definition) is 1. The van der Waals surface area contributed by atoms with E-state index in [-0.39, 0.29) is 11.4 Å². The summed E-state index contributed by atoms with van der Waals surface area (Å²) in [6.45, 7) is 1.76. The molecule has 2 aromatic heterocycles. The van der Waals surface area contributed by atoms with Crippen molar-refractivity contribution in [2.24, 2.45) is 0 Å². The Hall–Kier alpha value is -2.15. The first-order chi connectivity index (χ1) is 9.47. The molecule has 0 aliphatic rings. The summed E-state index contributed by atoms with van der Waals surface area (Å²) >= 11 is 1.22. The Kier molecular flexibility index (Phi) is 2.86. The Morgan fingerprint density at radius 3 is 2.60 bits per heavy atom. The second-order valence-corrected chi connectivity index (χ2v) is 5.14. The van der Waals surface area contributed by atoms with Crippen LogP contribution in [0, 0.1) is 24.4 Å². The zero-order chi connectivity index (χ0) is 14.4. The minimum Gasteiger partial charge on any atom is -0.305 e. The van der Waals surface area contributed by atoms with E-state index in [0.29, 0.717) is 22.3 Å². The lowest BCUT2D eigenvalue weighted by molar-refractivity contribution is 0.496. The first kappa shape index (κ1) is 12.9. The summed E-state index contributed by atoms with van der Waals surface area (Å²) in [5.41, 5.74) is 0.471. The molecule has 20 heavy (non-hydrogen) atoms. The van der Waals surface area contributed by atoms with E-state index >= 15 is 0 Å². The first-order valence-corrected chi connectivity index (χ1v) is 6.48. The lowest BCUT2D eigenvalue weighted by atomic mass is 10.2. The average Bonchev–Trinajstić information content (AvgIpc) is 2.76. The molecule has 7 heteroatoms. The fourth-order valence-corrected chi connectivity index (χ4v) is 2.76. The van der Waals surface area contributed by atoms with Crippen LogP contribution in [0.5, 0.6) is 0 Å². The molecule has 1 N–H and O–H groups in total. The molecule has 2 heterocycles. The van der Waals surface area contributed by atoms with Crippen molar-refractivity contribution in [3.05, 3.63) is 50.9 Å². The van der Waals surface area contributed by atoms with Gasteiger partial charge < -0.3 is 4.98 Å². The van der Waals surface area contributed by atoms with Gasteiger partial charge in [0.2, 0.25) is 0 Å². The van der Waals surface area contributed by atoms with Crippen molar-refractivity contribution in [1.29, 1.82) is 0 Å². The van der Waals surface area contributed by atoms with E-state index < -0.39 is 23.0 Å². The van der Waals surface area contributed by atoms with E-state index in [0.717, 1.165) is 5.56 Å². The lowest BCUT2D eigenvalue weighted by Crippen LogP contribution is -2.09. The predicted molar refractivity (Wildman–Crippen MR) is 70.3 cm³/mol. The fourth-order valence-electron chi connectivity index (χ4n) is 1.87. The molecule has 0 aliphatic carbocycles. The van der Waals surface area contributed by atoms with Gasteiger partial charge in [-0.15, -0.1) is 11.3 Å². The highest BCUT2D eigenvalue weighted by Gasteiger charge is 2.15. The van der Waals surface area contributed by atoms with Gasteiger partial charge in [0.1, 0.15) is 16.3 Å². The van der Waals surface area contributed by atoms with Crippen molar-refractivity contribution in [1.82, 2.24) is 9.97 Å². The topological polar surface area (TPSA) is 45.8 Å². The van der Waals surface area contributed by atoms with E-state index in [1.165, 1.54) is 11.3 Å². The third-order valence-electron chi connectivity index (χ3n) is 2.87. The van der Waals surface area contributed by atoms with E-state index in [1.54, 1.807) is 12.3 Å². The normalized spacial score (nSPS) is 11.2. The maximum Gasteiger partial charge on any atom is 0.269 e. The van der Waals surface area contributed by atoms with Gasteiger partial charge in [0.05, 0.1) is 11.1 Å². The molecule has 0 saturated heterocycles. The molecule has 0 spiro atoms. The third-order valence-corrected chi connectivity index (χ3v) is 3.95. The number of thiophene rings is 1. The zero-order valence-corrected chi connectivity index (χ0v) is 10.9. The molecule has 3 rings (SSSR count). The molecule has 3 aromatic rings. The van der Waals surface area contributed by atoms with Gasteiger partial charge in [-0.2, -0.15) is 0 Å². The van der Waals surface area contributed by atoms with Crippen LogP contribution in [-0.2, 0) is 0 Å². The summed E-state index contributed by atoms with van der Waals surface area (Å²) < 4.78 is 40.3. The number of aromatic nitrogens is 2. The monoisotopic (exact) mass is 296 g/mol. The van der Waals surface area contributed by atoms with Crippen molar-refractivity contribution in [2.45, 2.75) is 6.92 Å². The SMILES string of the molecule is Cc1csc2c(=O)[nH]c(-c3cc(F)c(F)cc3F)nc12. The molecule has 0 radical (unpaired) electrons. The maximum atomic E-state index is 13.7. The largest absolute Gasteiger partial charge is 0.305 e. The van der Waals surface area contributed by atoms with Crippen molar-refractivity contribution in [2.75, 3.05) is 0 Å². The van der Waals surface area contributed by atoms with Gasteiger partial charge in [0, 0.05) is 6.07 Å². The summed E-state index contributed by atoms with van der Waals surface area (Å²) in [5, 5.41) is 1.75. The predicted octanol–water partition coefficient (Wildman–Crippen LogP) is 3.38. The van der Waals surface area contributed by atoms with Gasteiger partial charge in [-0.1, -0.05) is 0 Å². The van der Waals surface area contributed by atoms with Crippen molar-refractivity contribution in [3.8, 4) is 11.4 Å². The van der Waals surface area contributed by atoms with Gasteiger partial charge in [0.25, 0.3) is 5.56 Å². The number of aryl methyl sites for hydroxylation is 1. The number of nitrogens with zero attached hydrogens (tertiary/aromatic N) is 1. The number of halogens is 3. The summed E-state index contributed by atoms with van der Waals surface area (Å²) in [6.07, 6.45) is 0. The standard InChI is InChI=1S/C13H7F3N2OS/c1-5-4-20-11-10(5)17-12(18-13(11)19)6-2-8(15)9(16)3-7(6)14/h2-4H,1H3,(H,17,18,19). The van der Waals surface area contributed by atoms with Gasteiger partial charge in [-0.25, -0.2) is 18.2 Å². The molecule has 0 amide bonds. The van der Waals surface area contributed by atoms with Crippen molar-refractivity contribution < 1.29 is 13.2 Å². The highest BCUT2D eigenvalue weighted by atomic mass is 32.1. The lowest BCUT2D eigenvalue weighted by Gasteiger charge is -2.04. The van der Waals surface area contributed by atoms with E-state index in [2.05, 4.69) is 9.97 Å². The molecule has 102 valence electrons. The minimum atomic E-state index is -1.29. The Morgan fingerprint density at radius 2 is 1.85 bits per heavy atom. The van der Waals surface area contributed by atoms with Crippen molar-refractivity contribution >= 4 is 21.6 Å². The van der Waals surface area contributed by atoms with Gasteiger partial charge in [0.15, 0.2) is 11.6 Å². The summed E-state index contributed by atoms with van der Waals surface area (Å²) in [6, 6.07) is 1.10. The zero-order valence-electron chi connectivity index (χ0n) is 10.1. The number of nitrogens with one attached hydrogen (secondary N) is 1.